The third-order valence-electron chi connectivity index (χ3n) is 3.85. The molecule has 1 aliphatic heterocycles. The number of carbonyl (C=O) groups is 1. The molecule has 1 heterocycles. The number of benzene rings is 1. The molecule has 0 fully saturated rings. The van der Waals surface area contributed by atoms with E-state index in [1.54, 1.807) is 0 Å². The lowest BCUT2D eigenvalue weighted by Gasteiger charge is -2.20. The van der Waals surface area contributed by atoms with Gasteiger partial charge in [-0.2, -0.15) is 0 Å². The van der Waals surface area contributed by atoms with E-state index in [1.165, 1.54) is 32.1 Å². The lowest BCUT2D eigenvalue weighted by molar-refractivity contribution is 0.0953. The predicted octanol–water partition coefficient (Wildman–Crippen LogP) is 3.61. The molecule has 1 aromatic carbocycles. The molecule has 0 unspecified atom stereocenters. The maximum Gasteiger partial charge on any atom is 0.251 e. The summed E-state index contributed by atoms with van der Waals surface area (Å²) < 4.78 is 0. The van der Waals surface area contributed by atoms with Crippen molar-refractivity contribution in [1.29, 1.82) is 0 Å². The molecule has 0 aliphatic carbocycles. The van der Waals surface area contributed by atoms with Gasteiger partial charge in [0.05, 0.1) is 11.4 Å². The Bertz CT molecular complexity index is 459. The van der Waals surface area contributed by atoms with Crippen molar-refractivity contribution in [2.75, 3.05) is 30.3 Å². The summed E-state index contributed by atoms with van der Waals surface area (Å²) >= 11 is 0. The van der Waals surface area contributed by atoms with Crippen molar-refractivity contribution < 1.29 is 4.79 Å². The van der Waals surface area contributed by atoms with E-state index in [0.717, 1.165) is 43.0 Å². The Morgan fingerprint density at radius 3 is 2.57 bits per heavy atom. The fourth-order valence-corrected chi connectivity index (χ4v) is 2.59. The molecule has 0 spiro atoms. The highest BCUT2D eigenvalue weighted by Gasteiger charge is 2.11. The summed E-state index contributed by atoms with van der Waals surface area (Å²) in [5, 5.41) is 9.63. The third-order valence-corrected chi connectivity index (χ3v) is 3.85. The van der Waals surface area contributed by atoms with Gasteiger partial charge in [0.15, 0.2) is 0 Å². The minimum atomic E-state index is 0.0266. The number of anilines is 2. The van der Waals surface area contributed by atoms with Crippen molar-refractivity contribution in [2.45, 2.75) is 45.4 Å². The van der Waals surface area contributed by atoms with E-state index in [2.05, 4.69) is 22.9 Å². The highest BCUT2D eigenvalue weighted by atomic mass is 16.1. The van der Waals surface area contributed by atoms with E-state index in [-0.39, 0.29) is 5.91 Å². The van der Waals surface area contributed by atoms with Crippen LogP contribution in [0.5, 0.6) is 0 Å². The van der Waals surface area contributed by atoms with E-state index in [1.807, 2.05) is 18.2 Å². The van der Waals surface area contributed by atoms with Crippen molar-refractivity contribution in [2.24, 2.45) is 0 Å². The molecule has 116 valence electrons. The summed E-state index contributed by atoms with van der Waals surface area (Å²) in [6.45, 7) is 4.82. The number of hydrogen-bond donors (Lipinski definition) is 3. The van der Waals surface area contributed by atoms with Gasteiger partial charge in [0.2, 0.25) is 0 Å². The first kappa shape index (κ1) is 15.7. The second-order valence-corrected chi connectivity index (χ2v) is 5.64. The van der Waals surface area contributed by atoms with Gasteiger partial charge in [0.25, 0.3) is 5.91 Å². The first-order chi connectivity index (χ1) is 10.3. The van der Waals surface area contributed by atoms with Gasteiger partial charge in [-0.05, 0) is 24.6 Å². The van der Waals surface area contributed by atoms with Gasteiger partial charge >= 0.3 is 0 Å². The van der Waals surface area contributed by atoms with Gasteiger partial charge < -0.3 is 16.0 Å². The lowest BCUT2D eigenvalue weighted by atomic mass is 10.1. The summed E-state index contributed by atoms with van der Waals surface area (Å²) in [6, 6.07) is 5.79. The molecule has 1 aromatic rings. The molecule has 1 aliphatic rings. The Morgan fingerprint density at radius 1 is 1.05 bits per heavy atom. The number of nitrogens with one attached hydrogen (secondary N) is 3. The molecule has 1 amide bonds. The minimum Gasteiger partial charge on any atom is -0.382 e. The first-order valence-electron chi connectivity index (χ1n) is 8.21. The zero-order valence-corrected chi connectivity index (χ0v) is 13.0. The molecular formula is C17H27N3O. The van der Waals surface area contributed by atoms with Crippen LogP contribution in [0.25, 0.3) is 0 Å². The molecule has 4 nitrogen and oxygen atoms in total. The zero-order chi connectivity index (χ0) is 14.9. The van der Waals surface area contributed by atoms with Crippen LogP contribution in [0.15, 0.2) is 18.2 Å². The SMILES string of the molecule is CCCCCCCCNC(=O)c1ccc2c(c1)NCCN2. The van der Waals surface area contributed by atoms with Crippen LogP contribution in [0.3, 0.4) is 0 Å². The zero-order valence-electron chi connectivity index (χ0n) is 13.0. The molecule has 0 saturated carbocycles. The topological polar surface area (TPSA) is 53.2 Å². The van der Waals surface area contributed by atoms with E-state index in [0.29, 0.717) is 0 Å². The third kappa shape index (κ3) is 4.96. The number of carbonyl (C=O) groups excluding carboxylic acids is 1. The Morgan fingerprint density at radius 2 is 1.76 bits per heavy atom. The van der Waals surface area contributed by atoms with Crippen LogP contribution in [0.4, 0.5) is 11.4 Å². The van der Waals surface area contributed by atoms with Crippen LogP contribution in [-0.2, 0) is 0 Å². The average molecular weight is 289 g/mol. The Labute approximate surface area is 127 Å². The van der Waals surface area contributed by atoms with Crippen molar-refractivity contribution >= 4 is 17.3 Å². The molecule has 0 bridgehead atoms. The Balaban J connectivity index is 1.71. The standard InChI is InChI=1S/C17H27N3O/c1-2-3-4-5-6-7-10-20-17(21)14-8-9-15-16(13-14)19-12-11-18-15/h8-9,13,18-19H,2-7,10-12H2,1H3,(H,20,21). The summed E-state index contributed by atoms with van der Waals surface area (Å²) in [5.41, 5.74) is 2.83. The highest BCUT2D eigenvalue weighted by Crippen LogP contribution is 2.25. The Hall–Kier alpha value is -1.71. The van der Waals surface area contributed by atoms with E-state index in [4.69, 9.17) is 0 Å². The second-order valence-electron chi connectivity index (χ2n) is 5.64. The van der Waals surface area contributed by atoms with E-state index in [9.17, 15) is 4.79 Å². The maximum absolute atomic E-state index is 12.1. The van der Waals surface area contributed by atoms with Crippen LogP contribution in [0.1, 0.15) is 55.8 Å². The fourth-order valence-electron chi connectivity index (χ4n) is 2.59. The maximum atomic E-state index is 12.1. The van der Waals surface area contributed by atoms with Gasteiger partial charge in [-0.25, -0.2) is 0 Å². The van der Waals surface area contributed by atoms with E-state index >= 15 is 0 Å². The molecule has 0 atom stereocenters. The summed E-state index contributed by atoms with van der Waals surface area (Å²) in [6.07, 6.45) is 7.46. The van der Waals surface area contributed by atoms with Crippen LogP contribution >= 0.6 is 0 Å². The highest BCUT2D eigenvalue weighted by molar-refractivity contribution is 5.96. The molecular weight excluding hydrogens is 262 g/mol. The number of amides is 1. The normalized spacial score (nSPS) is 13.0. The van der Waals surface area contributed by atoms with Crippen LogP contribution in [0.2, 0.25) is 0 Å². The van der Waals surface area contributed by atoms with Crippen molar-refractivity contribution in [3.63, 3.8) is 0 Å². The molecule has 0 aromatic heterocycles. The fraction of sp³-hybridized carbons (Fsp3) is 0.588. The largest absolute Gasteiger partial charge is 0.382 e. The summed E-state index contributed by atoms with van der Waals surface area (Å²) in [5.74, 6) is 0.0266. The van der Waals surface area contributed by atoms with E-state index < -0.39 is 0 Å². The Kier molecular flexibility index (Phi) is 6.38. The second kappa shape index (κ2) is 8.55. The van der Waals surface area contributed by atoms with Crippen molar-refractivity contribution in [3.05, 3.63) is 23.8 Å². The first-order valence-corrected chi connectivity index (χ1v) is 8.21. The number of rotatable bonds is 8. The summed E-state index contributed by atoms with van der Waals surface area (Å²) in [7, 11) is 0. The molecule has 4 heteroatoms. The van der Waals surface area contributed by atoms with Crippen LogP contribution < -0.4 is 16.0 Å². The van der Waals surface area contributed by atoms with Crippen LogP contribution in [0, 0.1) is 0 Å². The minimum absolute atomic E-state index is 0.0266. The van der Waals surface area contributed by atoms with Gasteiger partial charge in [-0.3, -0.25) is 4.79 Å². The molecule has 21 heavy (non-hydrogen) atoms. The van der Waals surface area contributed by atoms with Gasteiger partial charge in [0, 0.05) is 25.2 Å². The van der Waals surface area contributed by atoms with Gasteiger partial charge in [0.1, 0.15) is 0 Å². The average Bonchev–Trinajstić information content (AvgIpc) is 2.53. The predicted molar refractivity (Wildman–Crippen MR) is 89.1 cm³/mol. The molecule has 0 radical (unpaired) electrons. The smallest absolute Gasteiger partial charge is 0.251 e. The van der Waals surface area contributed by atoms with Gasteiger partial charge in [-0.15, -0.1) is 0 Å². The quantitative estimate of drug-likeness (QED) is 0.641. The number of hydrogen-bond acceptors (Lipinski definition) is 3. The molecule has 2 rings (SSSR count). The number of fused-ring (bicyclic) bond motifs is 1. The van der Waals surface area contributed by atoms with Gasteiger partial charge in [-0.1, -0.05) is 39.0 Å². The van der Waals surface area contributed by atoms with Crippen molar-refractivity contribution in [3.8, 4) is 0 Å². The monoisotopic (exact) mass is 289 g/mol. The van der Waals surface area contributed by atoms with Crippen LogP contribution in [-0.4, -0.2) is 25.5 Å². The number of unbranched alkanes of at least 4 members (excludes halogenated alkanes) is 5. The lowest BCUT2D eigenvalue weighted by Crippen LogP contribution is -2.25. The van der Waals surface area contributed by atoms with Crippen molar-refractivity contribution in [1.82, 2.24) is 5.32 Å². The summed E-state index contributed by atoms with van der Waals surface area (Å²) in [4.78, 5) is 12.1. The molecule has 0 saturated heterocycles. The molecule has 3 N–H and O–H groups in total.